The van der Waals surface area contributed by atoms with Crippen LogP contribution in [0.15, 0.2) is 42.5 Å². The van der Waals surface area contributed by atoms with E-state index in [9.17, 15) is 0 Å². The second kappa shape index (κ2) is 5.18. The van der Waals surface area contributed by atoms with E-state index in [1.165, 1.54) is 27.8 Å². The largest absolute Gasteiger partial charge is 0.0765 e. The van der Waals surface area contributed by atoms with E-state index in [1.807, 2.05) is 0 Å². The Balaban J connectivity index is 1.98. The SMILES string of the molecule is BrC(Br)CCc1cccc2c1[CH]c1ccccc1-2. The lowest BCUT2D eigenvalue weighted by molar-refractivity contribution is 0.914. The molecule has 0 aliphatic heterocycles. The fraction of sp³-hybridized carbons (Fsp3) is 0.188. The number of alkyl halides is 2. The van der Waals surface area contributed by atoms with Crippen molar-refractivity contribution in [2.24, 2.45) is 0 Å². The van der Waals surface area contributed by atoms with Gasteiger partial charge < -0.3 is 0 Å². The van der Waals surface area contributed by atoms with E-state index in [4.69, 9.17) is 0 Å². The van der Waals surface area contributed by atoms with Crippen LogP contribution in [0.3, 0.4) is 0 Å². The van der Waals surface area contributed by atoms with Crippen LogP contribution in [0.5, 0.6) is 0 Å². The molecule has 91 valence electrons. The summed E-state index contributed by atoms with van der Waals surface area (Å²) in [5.41, 5.74) is 6.92. The molecule has 1 aliphatic rings. The fourth-order valence-corrected chi connectivity index (χ4v) is 2.98. The second-order valence-electron chi connectivity index (χ2n) is 4.54. The van der Waals surface area contributed by atoms with E-state index in [2.05, 4.69) is 80.7 Å². The van der Waals surface area contributed by atoms with Gasteiger partial charge in [-0.25, -0.2) is 0 Å². The third kappa shape index (κ3) is 2.28. The normalized spacial score (nSPS) is 12.6. The van der Waals surface area contributed by atoms with Crippen molar-refractivity contribution >= 4 is 31.9 Å². The van der Waals surface area contributed by atoms with Crippen LogP contribution in [0.25, 0.3) is 11.1 Å². The third-order valence-corrected chi connectivity index (χ3v) is 4.29. The van der Waals surface area contributed by atoms with Gasteiger partial charge in [-0.15, -0.1) is 0 Å². The van der Waals surface area contributed by atoms with E-state index in [0.29, 0.717) is 3.74 Å². The summed E-state index contributed by atoms with van der Waals surface area (Å²) in [6.07, 6.45) is 4.51. The van der Waals surface area contributed by atoms with Crippen molar-refractivity contribution < 1.29 is 0 Å². The van der Waals surface area contributed by atoms with Crippen LogP contribution < -0.4 is 0 Å². The van der Waals surface area contributed by atoms with Crippen LogP contribution in [0.4, 0.5) is 0 Å². The van der Waals surface area contributed by atoms with Gasteiger partial charge in [0.15, 0.2) is 0 Å². The van der Waals surface area contributed by atoms with Gasteiger partial charge in [0, 0.05) is 6.42 Å². The minimum atomic E-state index is 0.393. The Labute approximate surface area is 125 Å². The number of fused-ring (bicyclic) bond motifs is 3. The molecule has 0 bridgehead atoms. The minimum Gasteiger partial charge on any atom is -0.0765 e. The van der Waals surface area contributed by atoms with Gasteiger partial charge >= 0.3 is 0 Å². The smallest absolute Gasteiger partial charge is 0.0701 e. The predicted molar refractivity (Wildman–Crippen MR) is 84.3 cm³/mol. The lowest BCUT2D eigenvalue weighted by Gasteiger charge is -2.08. The molecule has 2 aromatic rings. The van der Waals surface area contributed by atoms with Crippen molar-refractivity contribution in [1.29, 1.82) is 0 Å². The summed E-state index contributed by atoms with van der Waals surface area (Å²) in [7, 11) is 0. The zero-order chi connectivity index (χ0) is 12.5. The maximum Gasteiger partial charge on any atom is 0.0701 e. The van der Waals surface area contributed by atoms with Crippen molar-refractivity contribution in [2.45, 2.75) is 16.6 Å². The van der Waals surface area contributed by atoms with Crippen LogP contribution in [0.2, 0.25) is 0 Å². The highest BCUT2D eigenvalue weighted by Gasteiger charge is 2.20. The Morgan fingerprint density at radius 3 is 2.50 bits per heavy atom. The first kappa shape index (κ1) is 12.4. The molecular weight excluding hydrogens is 352 g/mol. The van der Waals surface area contributed by atoms with Gasteiger partial charge in [-0.2, -0.15) is 0 Å². The number of hydrogen-bond donors (Lipinski definition) is 0. The molecule has 0 amide bonds. The van der Waals surface area contributed by atoms with Crippen molar-refractivity contribution in [3.05, 3.63) is 65.6 Å². The van der Waals surface area contributed by atoms with Gasteiger partial charge in [0.05, 0.1) is 3.74 Å². The molecule has 0 saturated heterocycles. The molecule has 3 rings (SSSR count). The number of aryl methyl sites for hydroxylation is 1. The van der Waals surface area contributed by atoms with Gasteiger partial charge in [-0.1, -0.05) is 74.3 Å². The highest BCUT2D eigenvalue weighted by molar-refractivity contribution is 9.24. The van der Waals surface area contributed by atoms with Gasteiger partial charge in [-0.05, 0) is 40.7 Å². The fourth-order valence-electron chi connectivity index (χ4n) is 2.52. The summed E-state index contributed by atoms with van der Waals surface area (Å²) in [4.78, 5) is 0. The summed E-state index contributed by atoms with van der Waals surface area (Å²) in [6.45, 7) is 0. The Kier molecular flexibility index (Phi) is 3.58. The van der Waals surface area contributed by atoms with Gasteiger partial charge in [0.25, 0.3) is 0 Å². The highest BCUT2D eigenvalue weighted by Crippen LogP contribution is 2.39. The summed E-state index contributed by atoms with van der Waals surface area (Å²) >= 11 is 7.09. The Bertz CT molecular complexity index is 573. The molecule has 0 heterocycles. The number of rotatable bonds is 3. The van der Waals surface area contributed by atoms with Crippen molar-refractivity contribution in [3.8, 4) is 11.1 Å². The van der Waals surface area contributed by atoms with E-state index >= 15 is 0 Å². The monoisotopic (exact) mass is 363 g/mol. The molecule has 1 radical (unpaired) electrons. The Morgan fingerprint density at radius 1 is 0.889 bits per heavy atom. The first-order valence-electron chi connectivity index (χ1n) is 6.10. The average molecular weight is 365 g/mol. The lowest BCUT2D eigenvalue weighted by Crippen LogP contribution is -1.95. The molecule has 2 aromatic carbocycles. The zero-order valence-electron chi connectivity index (χ0n) is 9.87. The van der Waals surface area contributed by atoms with Gasteiger partial charge in [0.2, 0.25) is 0 Å². The predicted octanol–water partition coefficient (Wildman–Crippen LogP) is 5.32. The summed E-state index contributed by atoms with van der Waals surface area (Å²) in [6, 6.07) is 15.2. The first-order chi connectivity index (χ1) is 8.75. The van der Waals surface area contributed by atoms with Crippen molar-refractivity contribution in [3.63, 3.8) is 0 Å². The Hall–Kier alpha value is -0.600. The molecule has 0 saturated carbocycles. The zero-order valence-corrected chi connectivity index (χ0v) is 13.0. The van der Waals surface area contributed by atoms with Crippen LogP contribution in [0, 0.1) is 6.42 Å². The summed E-state index contributed by atoms with van der Waals surface area (Å²) in [5, 5.41) is 0. The molecule has 0 unspecified atom stereocenters. The average Bonchev–Trinajstić information content (AvgIpc) is 2.75. The van der Waals surface area contributed by atoms with Crippen molar-refractivity contribution in [1.82, 2.24) is 0 Å². The second-order valence-corrected chi connectivity index (χ2v) is 7.98. The topological polar surface area (TPSA) is 0 Å². The molecule has 0 spiro atoms. The van der Waals surface area contributed by atoms with E-state index in [1.54, 1.807) is 0 Å². The summed E-state index contributed by atoms with van der Waals surface area (Å²) in [5.74, 6) is 0. The standard InChI is InChI=1S/C16H13Br2/c17-16(18)9-8-11-5-3-7-14-13-6-2-1-4-12(13)10-15(11)14/h1-7,10,16H,8-9H2. The molecule has 0 nitrogen and oxygen atoms in total. The quantitative estimate of drug-likeness (QED) is 0.552. The third-order valence-electron chi connectivity index (χ3n) is 3.38. The number of benzene rings is 2. The minimum absolute atomic E-state index is 0.393. The van der Waals surface area contributed by atoms with Crippen LogP contribution in [-0.2, 0) is 6.42 Å². The molecule has 1 aliphatic carbocycles. The molecular formula is C16H13Br2. The van der Waals surface area contributed by atoms with E-state index < -0.39 is 0 Å². The lowest BCUT2D eigenvalue weighted by atomic mass is 9.98. The first-order valence-corrected chi connectivity index (χ1v) is 7.93. The highest BCUT2D eigenvalue weighted by atomic mass is 79.9. The molecule has 0 aromatic heterocycles. The Morgan fingerprint density at radius 2 is 1.67 bits per heavy atom. The molecule has 0 fully saturated rings. The van der Waals surface area contributed by atoms with Crippen LogP contribution in [0.1, 0.15) is 23.1 Å². The van der Waals surface area contributed by atoms with Crippen molar-refractivity contribution in [2.75, 3.05) is 0 Å². The number of halogens is 2. The maximum atomic E-state index is 3.55. The molecule has 0 N–H and O–H groups in total. The molecule has 0 atom stereocenters. The maximum absolute atomic E-state index is 3.55. The van der Waals surface area contributed by atoms with Gasteiger partial charge in [0.1, 0.15) is 0 Å². The van der Waals surface area contributed by atoms with E-state index in [-0.39, 0.29) is 0 Å². The number of hydrogen-bond acceptors (Lipinski definition) is 0. The van der Waals surface area contributed by atoms with Crippen LogP contribution in [-0.4, -0.2) is 3.74 Å². The van der Waals surface area contributed by atoms with Gasteiger partial charge in [-0.3, -0.25) is 0 Å². The van der Waals surface area contributed by atoms with E-state index in [0.717, 1.165) is 12.8 Å². The summed E-state index contributed by atoms with van der Waals surface area (Å²) < 4.78 is 0.393. The molecule has 2 heteroatoms. The molecule has 18 heavy (non-hydrogen) atoms. The van der Waals surface area contributed by atoms with Crippen LogP contribution >= 0.6 is 31.9 Å².